The van der Waals surface area contributed by atoms with Gasteiger partial charge >= 0.3 is 35.3 Å². The molecule has 0 fully saturated rings. The molecule has 0 bridgehead atoms. The number of aromatic nitrogens is 3. The molecule has 0 saturated heterocycles. The standard InChI is InChI=1S/C37H77N7O14Si4/c1-59(2,28-47)57-61(5,6)30-55-33(50)39-19-13-10-16-22-43-35(52)42(21-15-9-12-18-38-32(49)41(24-26-45)25-27-46)36(53)44(37(43)54)23-17-11-14-20-40-34(51)56-31-62(7,8)58-60(3,4)29-48/h45-48H,9-31H2,1-8H3,(H,38,49)(H,39,50)(H,40,51). The lowest BCUT2D eigenvalue weighted by Crippen LogP contribution is -2.54. The molecule has 1 aromatic heterocycles. The number of alkyl carbamates (subject to hydrolysis) is 2. The van der Waals surface area contributed by atoms with Gasteiger partial charge in [-0.2, -0.15) is 0 Å². The molecule has 7 N–H and O–H groups in total. The first-order valence-corrected chi connectivity index (χ1v) is 34.1. The summed E-state index contributed by atoms with van der Waals surface area (Å²) in [4.78, 5) is 79.0. The molecule has 360 valence electrons. The molecule has 0 radical (unpaired) electrons. The maximum Gasteiger partial charge on any atom is 0.406 e. The van der Waals surface area contributed by atoms with Crippen molar-refractivity contribution >= 4 is 51.5 Å². The molecular weight excluding hydrogens is 879 g/mol. The first kappa shape index (κ1) is 56.9. The molecule has 0 saturated carbocycles. The minimum absolute atomic E-state index is 0.0242. The van der Waals surface area contributed by atoms with Crippen molar-refractivity contribution in [3.8, 4) is 0 Å². The van der Waals surface area contributed by atoms with Crippen LogP contribution in [0.4, 0.5) is 14.4 Å². The highest BCUT2D eigenvalue weighted by Crippen LogP contribution is 2.15. The van der Waals surface area contributed by atoms with Crippen LogP contribution in [0.15, 0.2) is 14.4 Å². The van der Waals surface area contributed by atoms with Crippen LogP contribution in [0.25, 0.3) is 0 Å². The number of unbranched alkanes of at least 4 members (excludes halogenated alkanes) is 6. The van der Waals surface area contributed by atoms with Crippen molar-refractivity contribution in [2.45, 2.75) is 130 Å². The zero-order valence-corrected chi connectivity index (χ0v) is 42.4. The molecule has 62 heavy (non-hydrogen) atoms. The zero-order valence-electron chi connectivity index (χ0n) is 38.4. The minimum atomic E-state index is -2.33. The Balaban J connectivity index is 2.86. The van der Waals surface area contributed by atoms with Crippen molar-refractivity contribution in [3.63, 3.8) is 0 Å². The van der Waals surface area contributed by atoms with Crippen LogP contribution in [0.1, 0.15) is 57.8 Å². The summed E-state index contributed by atoms with van der Waals surface area (Å²) >= 11 is 0. The second-order valence-electron chi connectivity index (χ2n) is 17.7. The number of aliphatic hydroxyl groups is 4. The van der Waals surface area contributed by atoms with Gasteiger partial charge < -0.3 is 59.0 Å². The van der Waals surface area contributed by atoms with E-state index in [0.717, 1.165) is 13.7 Å². The average Bonchev–Trinajstić information content (AvgIpc) is 3.19. The SMILES string of the molecule is C[Si](C)(CO)O[Si](C)(C)COC(=O)NCCCCCn1c(=O)n(CCCCCNC(=O)OC[Si](C)(C)O[Si](C)(C)CO)c(=O)n(CCCCCNC(=O)N(CCO)CCO)c1=O. The third-order valence-corrected chi connectivity index (χ3v) is 21.4. The topological polar surface area (TPSA) is 274 Å². The minimum Gasteiger partial charge on any atom is -0.452 e. The van der Waals surface area contributed by atoms with Gasteiger partial charge in [0.15, 0.2) is 16.6 Å². The van der Waals surface area contributed by atoms with Crippen molar-refractivity contribution < 1.29 is 52.5 Å². The third kappa shape index (κ3) is 23.0. The van der Waals surface area contributed by atoms with E-state index in [1.165, 1.54) is 4.90 Å². The van der Waals surface area contributed by atoms with Gasteiger partial charge in [-0.1, -0.05) is 0 Å². The highest BCUT2D eigenvalue weighted by Gasteiger charge is 2.35. The molecule has 25 heteroatoms. The predicted molar refractivity (Wildman–Crippen MR) is 245 cm³/mol. The molecule has 0 unspecified atom stereocenters. The van der Waals surface area contributed by atoms with Crippen molar-refractivity contribution in [1.29, 1.82) is 0 Å². The number of nitrogens with zero attached hydrogens (tertiary/aromatic N) is 4. The van der Waals surface area contributed by atoms with Gasteiger partial charge in [0.05, 0.1) is 25.7 Å². The second kappa shape index (κ2) is 28.6. The molecule has 1 aromatic rings. The quantitative estimate of drug-likeness (QED) is 0.0394. The van der Waals surface area contributed by atoms with E-state index in [-0.39, 0.29) is 70.9 Å². The van der Waals surface area contributed by atoms with E-state index >= 15 is 0 Å². The maximum atomic E-state index is 13.6. The summed E-state index contributed by atoms with van der Waals surface area (Å²) in [7, 11) is -9.13. The van der Waals surface area contributed by atoms with E-state index in [4.69, 9.17) is 27.9 Å². The number of rotatable bonds is 32. The van der Waals surface area contributed by atoms with E-state index in [2.05, 4.69) is 16.0 Å². The number of hydrogen-bond acceptors (Lipinski definition) is 14. The molecule has 21 nitrogen and oxygen atoms in total. The van der Waals surface area contributed by atoms with E-state index in [1.807, 2.05) is 52.4 Å². The molecule has 4 amide bonds. The Morgan fingerprint density at radius 2 is 0.823 bits per heavy atom. The smallest absolute Gasteiger partial charge is 0.406 e. The summed E-state index contributed by atoms with van der Waals surface area (Å²) in [6, 6.07) is -0.418. The molecule has 0 aromatic carbocycles. The Kier molecular flexibility index (Phi) is 26.2. The highest BCUT2D eigenvalue weighted by atomic mass is 28.4. The number of aliphatic hydroxyl groups excluding tert-OH is 4. The maximum absolute atomic E-state index is 13.6. The van der Waals surface area contributed by atoms with E-state index < -0.39 is 68.6 Å². The Labute approximate surface area is 369 Å². The van der Waals surface area contributed by atoms with Crippen LogP contribution in [0.3, 0.4) is 0 Å². The Hall–Kier alpha value is -3.15. The number of hydrogen-bond donors (Lipinski definition) is 7. The molecule has 0 aliphatic heterocycles. The highest BCUT2D eigenvalue weighted by molar-refractivity contribution is 6.85. The van der Waals surface area contributed by atoms with Gasteiger partial charge in [0.1, 0.15) is 12.5 Å². The molecule has 0 aliphatic carbocycles. The van der Waals surface area contributed by atoms with Gasteiger partial charge in [-0.05, 0) is 110 Å². The monoisotopic (exact) mass is 955 g/mol. The third-order valence-electron chi connectivity index (χ3n) is 9.37. The fourth-order valence-corrected chi connectivity index (χ4v) is 20.3. The van der Waals surface area contributed by atoms with Crippen LogP contribution in [0.2, 0.25) is 52.4 Å². The second-order valence-corrected chi connectivity index (χ2v) is 34.6. The molecule has 1 rings (SSSR count). The van der Waals surface area contributed by atoms with Crippen molar-refractivity contribution in [3.05, 3.63) is 31.5 Å². The molecule has 1 heterocycles. The number of ether oxygens (including phenoxy) is 2. The number of amides is 4. The van der Waals surface area contributed by atoms with Crippen LogP contribution in [0, 0.1) is 0 Å². The van der Waals surface area contributed by atoms with Gasteiger partial charge in [0.2, 0.25) is 16.6 Å². The lowest BCUT2D eigenvalue weighted by atomic mass is 10.2. The van der Waals surface area contributed by atoms with Crippen molar-refractivity contribution in [2.24, 2.45) is 0 Å². The number of carbonyl (C=O) groups excluding carboxylic acids is 3. The fourth-order valence-electron chi connectivity index (χ4n) is 6.42. The summed E-state index contributed by atoms with van der Waals surface area (Å²) in [5.41, 5.74) is -2.13. The normalized spacial score (nSPS) is 12.3. The Bertz CT molecular complexity index is 1590. The zero-order chi connectivity index (χ0) is 47.0. The Morgan fingerprint density at radius 3 is 1.13 bits per heavy atom. The van der Waals surface area contributed by atoms with E-state index in [9.17, 15) is 39.0 Å². The summed E-state index contributed by atoms with van der Waals surface area (Å²) in [5.74, 6) is 0. The summed E-state index contributed by atoms with van der Waals surface area (Å²) < 4.78 is 26.2. The van der Waals surface area contributed by atoms with Gasteiger partial charge in [-0.25, -0.2) is 42.5 Å². The molecule has 0 aliphatic rings. The number of carbonyl (C=O) groups is 3. The van der Waals surface area contributed by atoms with Crippen LogP contribution in [-0.4, -0.2) is 161 Å². The summed E-state index contributed by atoms with van der Waals surface area (Å²) in [5, 5.41) is 45.6. The van der Waals surface area contributed by atoms with E-state index in [1.54, 1.807) is 0 Å². The van der Waals surface area contributed by atoms with Gasteiger partial charge in [0.25, 0.3) is 0 Å². The molecule has 0 atom stereocenters. The summed E-state index contributed by atoms with van der Waals surface area (Å²) in [6.07, 6.45) is 3.67. The van der Waals surface area contributed by atoms with Crippen LogP contribution >= 0.6 is 0 Å². The lowest BCUT2D eigenvalue weighted by Gasteiger charge is -2.32. The first-order valence-electron chi connectivity index (χ1n) is 21.7. The fraction of sp³-hybridized carbons (Fsp3) is 0.838. The van der Waals surface area contributed by atoms with Gasteiger partial charge in [0, 0.05) is 52.4 Å². The van der Waals surface area contributed by atoms with Crippen LogP contribution < -0.4 is 33.0 Å². The predicted octanol–water partition coefficient (Wildman–Crippen LogP) is 1.13. The Morgan fingerprint density at radius 1 is 0.500 bits per heavy atom. The molecule has 0 spiro atoms. The lowest BCUT2D eigenvalue weighted by molar-refractivity contribution is 0.157. The molecular formula is C37H77N7O14Si4. The van der Waals surface area contributed by atoms with Gasteiger partial charge in [-0.3, -0.25) is 0 Å². The number of nitrogens with one attached hydrogen (secondary N) is 3. The largest absolute Gasteiger partial charge is 0.452 e. The first-order chi connectivity index (χ1) is 29.0. The van der Waals surface area contributed by atoms with Crippen molar-refractivity contribution in [1.82, 2.24) is 34.6 Å². The average molecular weight is 956 g/mol. The van der Waals surface area contributed by atoms with E-state index in [0.29, 0.717) is 77.4 Å². The van der Waals surface area contributed by atoms with Crippen LogP contribution in [0.5, 0.6) is 0 Å². The van der Waals surface area contributed by atoms with Crippen molar-refractivity contribution in [2.75, 3.05) is 70.9 Å². The van der Waals surface area contributed by atoms with Gasteiger partial charge in [-0.15, -0.1) is 0 Å². The van der Waals surface area contributed by atoms with Crippen LogP contribution in [-0.2, 0) is 37.3 Å². The summed E-state index contributed by atoms with van der Waals surface area (Å²) in [6.45, 7) is 16.1. The number of urea groups is 1.